The summed E-state index contributed by atoms with van der Waals surface area (Å²) in [5.41, 5.74) is 1.20. The van der Waals surface area contributed by atoms with Crippen LogP contribution in [0.2, 0.25) is 0 Å². The molecule has 0 N–H and O–H groups in total. The quantitative estimate of drug-likeness (QED) is 0.616. The van der Waals surface area contributed by atoms with E-state index in [2.05, 4.69) is 47.6 Å². The Kier molecular flexibility index (Phi) is 12.3. The summed E-state index contributed by atoms with van der Waals surface area (Å²) in [7, 11) is 0. The third-order valence-corrected chi connectivity index (χ3v) is 2.62. The molecular formula is C19H36O2. The van der Waals surface area contributed by atoms with Gasteiger partial charge in [-0.05, 0) is 30.6 Å². The van der Waals surface area contributed by atoms with Crippen molar-refractivity contribution in [3.05, 3.63) is 23.8 Å². The molecule has 0 saturated heterocycles. The van der Waals surface area contributed by atoms with Crippen LogP contribution in [0.1, 0.15) is 68.7 Å². The van der Waals surface area contributed by atoms with Gasteiger partial charge in [0.15, 0.2) is 0 Å². The average molecular weight is 296 g/mol. The molecule has 21 heavy (non-hydrogen) atoms. The molecule has 0 bridgehead atoms. The van der Waals surface area contributed by atoms with Crippen molar-refractivity contribution in [3.8, 4) is 0 Å². The number of rotatable bonds is 3. The minimum atomic E-state index is -0.204. The Morgan fingerprint density at radius 3 is 2.00 bits per heavy atom. The van der Waals surface area contributed by atoms with E-state index in [-0.39, 0.29) is 5.97 Å². The van der Waals surface area contributed by atoms with Crippen LogP contribution < -0.4 is 0 Å². The van der Waals surface area contributed by atoms with E-state index in [1.165, 1.54) is 0 Å². The molecule has 0 heterocycles. The lowest BCUT2D eigenvalue weighted by atomic mass is 9.85. The number of carbonyl (C=O) groups excluding carboxylic acids is 1. The maximum absolute atomic E-state index is 11.4. The predicted molar refractivity (Wildman–Crippen MR) is 93.3 cm³/mol. The second-order valence-corrected chi connectivity index (χ2v) is 6.63. The Balaban J connectivity index is 0. The van der Waals surface area contributed by atoms with E-state index in [1.807, 2.05) is 32.9 Å². The monoisotopic (exact) mass is 296 g/mol. The Bertz CT molecular complexity index is 326. The largest absolute Gasteiger partial charge is 0.462 e. The fourth-order valence-corrected chi connectivity index (χ4v) is 1.72. The minimum Gasteiger partial charge on any atom is -0.462 e. The number of esters is 1. The van der Waals surface area contributed by atoms with Crippen LogP contribution in [-0.4, -0.2) is 12.6 Å². The van der Waals surface area contributed by atoms with Crippen molar-refractivity contribution in [2.24, 2.45) is 17.3 Å². The zero-order valence-corrected chi connectivity index (χ0v) is 15.6. The minimum absolute atomic E-state index is 0.204. The Morgan fingerprint density at radius 2 is 1.67 bits per heavy atom. The smallest absolute Gasteiger partial charge is 0.337 e. The summed E-state index contributed by atoms with van der Waals surface area (Å²) in [6.45, 7) is 19.3. The van der Waals surface area contributed by atoms with Crippen molar-refractivity contribution in [2.75, 3.05) is 6.61 Å². The molecule has 2 heteroatoms. The number of allylic oxidation sites excluding steroid dienone is 2. The molecule has 0 radical (unpaired) electrons. The van der Waals surface area contributed by atoms with Gasteiger partial charge in [0.05, 0.1) is 12.2 Å². The zero-order chi connectivity index (χ0) is 17.1. The summed E-state index contributed by atoms with van der Waals surface area (Å²) in [6.07, 6.45) is 7.11. The maximum atomic E-state index is 11.4. The predicted octanol–water partition coefficient (Wildman–Crippen LogP) is 5.79. The summed E-state index contributed by atoms with van der Waals surface area (Å²) < 4.78 is 4.94. The van der Waals surface area contributed by atoms with Gasteiger partial charge in [-0.3, -0.25) is 0 Å². The van der Waals surface area contributed by atoms with Gasteiger partial charge in [0.2, 0.25) is 0 Å². The van der Waals surface area contributed by atoms with Gasteiger partial charge in [-0.25, -0.2) is 4.79 Å². The summed E-state index contributed by atoms with van der Waals surface area (Å²) >= 11 is 0. The summed E-state index contributed by atoms with van der Waals surface area (Å²) in [5.74, 6) is 0.794. The van der Waals surface area contributed by atoms with Crippen LogP contribution >= 0.6 is 0 Å². The van der Waals surface area contributed by atoms with Gasteiger partial charge < -0.3 is 4.74 Å². The first-order chi connectivity index (χ1) is 9.69. The van der Waals surface area contributed by atoms with E-state index in [4.69, 9.17) is 4.74 Å². The van der Waals surface area contributed by atoms with Crippen LogP contribution in [-0.2, 0) is 9.53 Å². The summed E-state index contributed by atoms with van der Waals surface area (Å²) in [5, 5.41) is 0. The molecule has 0 aromatic heterocycles. The van der Waals surface area contributed by atoms with E-state index in [0.29, 0.717) is 29.4 Å². The fraction of sp³-hybridized carbons (Fsp3) is 0.737. The second-order valence-electron chi connectivity index (χ2n) is 6.63. The lowest BCUT2D eigenvalue weighted by molar-refractivity contribution is -0.138. The van der Waals surface area contributed by atoms with E-state index in [1.54, 1.807) is 0 Å². The molecule has 0 saturated carbocycles. The highest BCUT2D eigenvalue weighted by Gasteiger charge is 2.18. The van der Waals surface area contributed by atoms with E-state index in [0.717, 1.165) is 6.42 Å². The fourth-order valence-electron chi connectivity index (χ4n) is 1.72. The highest BCUT2D eigenvalue weighted by Crippen LogP contribution is 2.25. The average Bonchev–Trinajstić information content (AvgIpc) is 2.39. The molecule has 0 amide bonds. The van der Waals surface area contributed by atoms with Crippen LogP contribution in [0, 0.1) is 17.3 Å². The van der Waals surface area contributed by atoms with Crippen molar-refractivity contribution in [1.82, 2.24) is 0 Å². The van der Waals surface area contributed by atoms with Crippen LogP contribution in [0.5, 0.6) is 0 Å². The zero-order valence-electron chi connectivity index (χ0n) is 15.6. The van der Waals surface area contributed by atoms with Crippen molar-refractivity contribution < 1.29 is 9.53 Å². The number of ether oxygens (including phenoxy) is 1. The second kappa shape index (κ2) is 11.6. The molecule has 0 fully saturated rings. The van der Waals surface area contributed by atoms with Gasteiger partial charge in [0.1, 0.15) is 0 Å². The van der Waals surface area contributed by atoms with E-state index >= 15 is 0 Å². The molecule has 0 aromatic rings. The molecule has 1 rings (SSSR count). The molecule has 124 valence electrons. The SMILES string of the molecule is CC.CC(C)(C)C.CCOC(=O)C1=CC(C)C(CC)C=C1. The Labute approximate surface area is 132 Å². The molecule has 0 aliphatic heterocycles. The lowest BCUT2D eigenvalue weighted by Gasteiger charge is -2.20. The summed E-state index contributed by atoms with van der Waals surface area (Å²) in [4.78, 5) is 11.4. The Morgan fingerprint density at radius 1 is 1.19 bits per heavy atom. The maximum Gasteiger partial charge on any atom is 0.337 e. The number of carbonyl (C=O) groups is 1. The molecule has 2 atom stereocenters. The van der Waals surface area contributed by atoms with Gasteiger partial charge in [-0.2, -0.15) is 0 Å². The molecular weight excluding hydrogens is 260 g/mol. The van der Waals surface area contributed by atoms with Gasteiger partial charge in [-0.15, -0.1) is 0 Å². The molecule has 2 nitrogen and oxygen atoms in total. The summed E-state index contributed by atoms with van der Waals surface area (Å²) in [6, 6.07) is 0. The van der Waals surface area contributed by atoms with Gasteiger partial charge >= 0.3 is 5.97 Å². The molecule has 0 spiro atoms. The first kappa shape index (κ1) is 22.2. The lowest BCUT2D eigenvalue weighted by Crippen LogP contribution is -2.15. The third-order valence-electron chi connectivity index (χ3n) is 2.62. The topological polar surface area (TPSA) is 26.3 Å². The van der Waals surface area contributed by atoms with Crippen molar-refractivity contribution in [3.63, 3.8) is 0 Å². The first-order valence-corrected chi connectivity index (χ1v) is 8.26. The van der Waals surface area contributed by atoms with Crippen LogP contribution in [0.25, 0.3) is 0 Å². The van der Waals surface area contributed by atoms with Crippen LogP contribution in [0.15, 0.2) is 23.8 Å². The van der Waals surface area contributed by atoms with Crippen LogP contribution in [0.4, 0.5) is 0 Å². The highest BCUT2D eigenvalue weighted by atomic mass is 16.5. The van der Waals surface area contributed by atoms with Crippen molar-refractivity contribution in [2.45, 2.75) is 68.7 Å². The van der Waals surface area contributed by atoms with E-state index < -0.39 is 0 Å². The van der Waals surface area contributed by atoms with Crippen molar-refractivity contribution >= 4 is 5.97 Å². The normalized spacial score (nSPS) is 20.3. The first-order valence-electron chi connectivity index (χ1n) is 8.26. The molecule has 1 aliphatic rings. The number of hydrogen-bond donors (Lipinski definition) is 0. The standard InChI is InChI=1S/C12H18O2.C5H12.C2H6/c1-4-10-6-7-11(8-9(10)3)12(13)14-5-2;1-5(2,3)4;1-2/h6-10H,4-5H2,1-3H3;1-4H3;1-2H3. The van der Waals surface area contributed by atoms with Gasteiger partial charge in [0, 0.05) is 0 Å². The molecule has 2 unspecified atom stereocenters. The molecule has 1 aliphatic carbocycles. The van der Waals surface area contributed by atoms with Gasteiger partial charge in [-0.1, -0.05) is 73.6 Å². The van der Waals surface area contributed by atoms with Gasteiger partial charge in [0.25, 0.3) is 0 Å². The highest BCUT2D eigenvalue weighted by molar-refractivity contribution is 5.91. The Hall–Kier alpha value is -1.05. The third kappa shape index (κ3) is 12.4. The van der Waals surface area contributed by atoms with Crippen molar-refractivity contribution in [1.29, 1.82) is 0 Å². The van der Waals surface area contributed by atoms with E-state index in [9.17, 15) is 4.79 Å². The number of hydrogen-bond acceptors (Lipinski definition) is 2. The molecule has 0 aromatic carbocycles. The van der Waals surface area contributed by atoms with Crippen LogP contribution in [0.3, 0.4) is 0 Å².